The minimum absolute atomic E-state index is 0.160. The standard InChI is InChI=1S/C16H17IN2O2/c1-10(2)12-5-4-11(8-15(12)21-3)16(20)19-14-6-7-18-9-13(14)17/h4-10H,1-3H3,(H,18,19,20). The minimum Gasteiger partial charge on any atom is -0.496 e. The molecule has 4 nitrogen and oxygen atoms in total. The van der Waals surface area contributed by atoms with E-state index in [4.69, 9.17) is 4.74 Å². The van der Waals surface area contributed by atoms with E-state index in [0.717, 1.165) is 20.6 Å². The molecule has 1 amide bonds. The molecule has 1 aromatic carbocycles. The molecule has 1 heterocycles. The van der Waals surface area contributed by atoms with Crippen LogP contribution in [0.1, 0.15) is 35.7 Å². The maximum absolute atomic E-state index is 12.3. The monoisotopic (exact) mass is 396 g/mol. The van der Waals surface area contributed by atoms with Gasteiger partial charge in [0.05, 0.1) is 16.4 Å². The molecule has 0 aliphatic carbocycles. The van der Waals surface area contributed by atoms with Gasteiger partial charge in [-0.1, -0.05) is 19.9 Å². The van der Waals surface area contributed by atoms with E-state index in [1.165, 1.54) is 0 Å². The summed E-state index contributed by atoms with van der Waals surface area (Å²) in [5, 5.41) is 2.88. The van der Waals surface area contributed by atoms with E-state index in [9.17, 15) is 4.79 Å². The normalized spacial score (nSPS) is 10.5. The first-order chi connectivity index (χ1) is 10.0. The van der Waals surface area contributed by atoms with Gasteiger partial charge in [-0.25, -0.2) is 0 Å². The van der Waals surface area contributed by atoms with Gasteiger partial charge < -0.3 is 10.1 Å². The van der Waals surface area contributed by atoms with E-state index < -0.39 is 0 Å². The lowest BCUT2D eigenvalue weighted by atomic mass is 10.00. The summed E-state index contributed by atoms with van der Waals surface area (Å²) in [6.45, 7) is 4.19. The van der Waals surface area contributed by atoms with Crippen molar-refractivity contribution in [2.75, 3.05) is 12.4 Å². The van der Waals surface area contributed by atoms with Crippen LogP contribution in [-0.4, -0.2) is 18.0 Å². The third-order valence-corrected chi connectivity index (χ3v) is 4.00. The van der Waals surface area contributed by atoms with Gasteiger partial charge in [0, 0.05) is 18.0 Å². The van der Waals surface area contributed by atoms with Crippen molar-refractivity contribution in [2.45, 2.75) is 19.8 Å². The second-order valence-electron chi connectivity index (χ2n) is 4.92. The Hall–Kier alpha value is -1.63. The number of pyridine rings is 1. The Bertz CT molecular complexity index is 656. The average Bonchev–Trinajstić information content (AvgIpc) is 2.48. The highest BCUT2D eigenvalue weighted by atomic mass is 127. The van der Waals surface area contributed by atoms with Crippen molar-refractivity contribution in [3.8, 4) is 5.75 Å². The third kappa shape index (κ3) is 3.72. The number of amides is 1. The first-order valence-corrected chi connectivity index (χ1v) is 7.69. The van der Waals surface area contributed by atoms with Crippen LogP contribution in [0, 0.1) is 3.57 Å². The molecule has 0 saturated carbocycles. The number of carbonyl (C=O) groups excluding carboxylic acids is 1. The predicted molar refractivity (Wildman–Crippen MR) is 92.0 cm³/mol. The molecule has 5 heteroatoms. The quantitative estimate of drug-likeness (QED) is 0.793. The largest absolute Gasteiger partial charge is 0.496 e. The summed E-state index contributed by atoms with van der Waals surface area (Å²) in [7, 11) is 1.62. The number of halogens is 1. The number of carbonyl (C=O) groups is 1. The molecule has 0 bridgehead atoms. The molecule has 0 saturated heterocycles. The number of aromatic nitrogens is 1. The van der Waals surface area contributed by atoms with E-state index in [-0.39, 0.29) is 5.91 Å². The maximum atomic E-state index is 12.3. The van der Waals surface area contributed by atoms with Gasteiger partial charge in [-0.3, -0.25) is 9.78 Å². The van der Waals surface area contributed by atoms with E-state index >= 15 is 0 Å². The van der Waals surface area contributed by atoms with E-state index in [2.05, 4.69) is 46.7 Å². The zero-order valence-corrected chi connectivity index (χ0v) is 14.3. The molecular formula is C16H17IN2O2. The number of nitrogens with one attached hydrogen (secondary N) is 1. The van der Waals surface area contributed by atoms with Gasteiger partial charge in [-0.15, -0.1) is 0 Å². The SMILES string of the molecule is COc1cc(C(=O)Nc2ccncc2I)ccc1C(C)C. The van der Waals surface area contributed by atoms with Gasteiger partial charge in [0.25, 0.3) is 5.91 Å². The van der Waals surface area contributed by atoms with Gasteiger partial charge in [0.15, 0.2) is 0 Å². The second kappa shape index (κ2) is 6.89. The number of rotatable bonds is 4. The number of hydrogen-bond acceptors (Lipinski definition) is 3. The van der Waals surface area contributed by atoms with Crippen LogP contribution >= 0.6 is 22.6 Å². The van der Waals surface area contributed by atoms with Gasteiger partial charge in [-0.2, -0.15) is 0 Å². The Morgan fingerprint density at radius 2 is 2.10 bits per heavy atom. The average molecular weight is 396 g/mol. The Balaban J connectivity index is 2.26. The van der Waals surface area contributed by atoms with Crippen molar-refractivity contribution >= 4 is 34.2 Å². The molecule has 0 spiro atoms. The molecule has 2 rings (SSSR count). The highest BCUT2D eigenvalue weighted by Gasteiger charge is 2.13. The fourth-order valence-corrected chi connectivity index (χ4v) is 2.48. The van der Waals surface area contributed by atoms with Crippen LogP contribution in [0.3, 0.4) is 0 Å². The zero-order valence-electron chi connectivity index (χ0n) is 12.2. The molecule has 0 atom stereocenters. The topological polar surface area (TPSA) is 51.2 Å². The molecule has 1 aromatic heterocycles. The predicted octanol–water partition coefficient (Wildman–Crippen LogP) is 4.07. The van der Waals surface area contributed by atoms with Gasteiger partial charge >= 0.3 is 0 Å². The minimum atomic E-state index is -0.160. The first-order valence-electron chi connectivity index (χ1n) is 6.61. The van der Waals surface area contributed by atoms with Crippen molar-refractivity contribution in [3.05, 3.63) is 51.4 Å². The Kier molecular flexibility index (Phi) is 5.17. The van der Waals surface area contributed by atoms with Crippen LogP contribution in [0.2, 0.25) is 0 Å². The fraction of sp³-hybridized carbons (Fsp3) is 0.250. The van der Waals surface area contributed by atoms with Crippen LogP contribution < -0.4 is 10.1 Å². The van der Waals surface area contributed by atoms with E-state index in [1.54, 1.807) is 31.6 Å². The summed E-state index contributed by atoms with van der Waals surface area (Å²) in [6, 6.07) is 7.31. The molecule has 0 aliphatic rings. The van der Waals surface area contributed by atoms with E-state index in [0.29, 0.717) is 11.5 Å². The van der Waals surface area contributed by atoms with Crippen molar-refractivity contribution in [1.29, 1.82) is 0 Å². The number of hydrogen-bond donors (Lipinski definition) is 1. The van der Waals surface area contributed by atoms with Crippen LogP contribution in [0.4, 0.5) is 5.69 Å². The first kappa shape index (κ1) is 15.8. The molecule has 0 unspecified atom stereocenters. The molecule has 21 heavy (non-hydrogen) atoms. The zero-order chi connectivity index (χ0) is 15.4. The van der Waals surface area contributed by atoms with Gasteiger partial charge in [0.1, 0.15) is 5.75 Å². The van der Waals surface area contributed by atoms with Crippen molar-refractivity contribution in [2.24, 2.45) is 0 Å². The van der Waals surface area contributed by atoms with Crippen molar-refractivity contribution in [3.63, 3.8) is 0 Å². The van der Waals surface area contributed by atoms with Gasteiger partial charge in [0.2, 0.25) is 0 Å². The molecule has 1 N–H and O–H groups in total. The highest BCUT2D eigenvalue weighted by Crippen LogP contribution is 2.27. The third-order valence-electron chi connectivity index (χ3n) is 3.14. The lowest BCUT2D eigenvalue weighted by Crippen LogP contribution is -2.13. The second-order valence-corrected chi connectivity index (χ2v) is 6.08. The highest BCUT2D eigenvalue weighted by molar-refractivity contribution is 14.1. The lowest BCUT2D eigenvalue weighted by molar-refractivity contribution is 0.102. The van der Waals surface area contributed by atoms with Crippen LogP contribution in [-0.2, 0) is 0 Å². The molecule has 110 valence electrons. The summed E-state index contributed by atoms with van der Waals surface area (Å²) in [6.07, 6.45) is 3.36. The number of benzene rings is 1. The van der Waals surface area contributed by atoms with Crippen LogP contribution in [0.5, 0.6) is 5.75 Å². The molecular weight excluding hydrogens is 379 g/mol. The Labute approximate surface area is 138 Å². The van der Waals surface area contributed by atoms with E-state index in [1.807, 2.05) is 12.1 Å². The molecule has 2 aromatic rings. The van der Waals surface area contributed by atoms with Crippen LogP contribution in [0.25, 0.3) is 0 Å². The molecule has 0 radical (unpaired) electrons. The number of ether oxygens (including phenoxy) is 1. The Morgan fingerprint density at radius 1 is 1.33 bits per heavy atom. The summed E-state index contributed by atoms with van der Waals surface area (Å²) < 4.78 is 6.28. The van der Waals surface area contributed by atoms with Crippen molar-refractivity contribution in [1.82, 2.24) is 4.98 Å². The smallest absolute Gasteiger partial charge is 0.255 e. The molecule has 0 aliphatic heterocycles. The number of nitrogens with zero attached hydrogens (tertiary/aromatic N) is 1. The summed E-state index contributed by atoms with van der Waals surface area (Å²) in [5.74, 6) is 0.924. The van der Waals surface area contributed by atoms with Gasteiger partial charge in [-0.05, 0) is 52.3 Å². The van der Waals surface area contributed by atoms with Crippen molar-refractivity contribution < 1.29 is 9.53 Å². The summed E-state index contributed by atoms with van der Waals surface area (Å²) >= 11 is 2.14. The fourth-order valence-electron chi connectivity index (χ4n) is 2.00. The number of anilines is 1. The summed E-state index contributed by atoms with van der Waals surface area (Å²) in [5.41, 5.74) is 2.42. The maximum Gasteiger partial charge on any atom is 0.255 e. The number of methoxy groups -OCH3 is 1. The van der Waals surface area contributed by atoms with Crippen LogP contribution in [0.15, 0.2) is 36.7 Å². The summed E-state index contributed by atoms with van der Waals surface area (Å²) in [4.78, 5) is 16.3. The molecule has 0 fully saturated rings. The lowest BCUT2D eigenvalue weighted by Gasteiger charge is -2.13. The Morgan fingerprint density at radius 3 is 2.71 bits per heavy atom.